The summed E-state index contributed by atoms with van der Waals surface area (Å²) in [5.74, 6) is 0.690. The number of aromatic nitrogens is 1. The second kappa shape index (κ2) is 9.54. The maximum absolute atomic E-state index is 13.0. The molecule has 0 bridgehead atoms. The van der Waals surface area contributed by atoms with Gasteiger partial charge in [-0.15, -0.1) is 0 Å². The molecule has 0 atom stereocenters. The van der Waals surface area contributed by atoms with Crippen LogP contribution in [0.2, 0.25) is 0 Å². The molecule has 0 radical (unpaired) electrons. The summed E-state index contributed by atoms with van der Waals surface area (Å²) < 4.78 is 33.8. The molecule has 0 aliphatic heterocycles. The van der Waals surface area contributed by atoms with Gasteiger partial charge < -0.3 is 16.2 Å². The van der Waals surface area contributed by atoms with Crippen LogP contribution in [-0.4, -0.2) is 26.5 Å². The molecule has 10 heteroatoms. The third-order valence-corrected chi connectivity index (χ3v) is 7.47. The van der Waals surface area contributed by atoms with Crippen molar-refractivity contribution in [2.75, 3.05) is 11.8 Å². The number of methoxy groups -OCH3 is 1. The molecular formula is C24H23N5O3S2. The summed E-state index contributed by atoms with van der Waals surface area (Å²) in [7, 11) is -2.17. The predicted molar refractivity (Wildman–Crippen MR) is 137 cm³/mol. The molecule has 34 heavy (non-hydrogen) atoms. The van der Waals surface area contributed by atoms with Crippen LogP contribution < -0.4 is 20.9 Å². The Balaban J connectivity index is 1.55. The molecule has 0 aliphatic rings. The Morgan fingerprint density at radius 3 is 2.24 bits per heavy atom. The summed E-state index contributed by atoms with van der Waals surface area (Å²) in [5.41, 5.74) is 14.7. The lowest BCUT2D eigenvalue weighted by Crippen LogP contribution is -2.21. The zero-order valence-electron chi connectivity index (χ0n) is 18.5. The molecule has 0 unspecified atom stereocenters. The van der Waals surface area contributed by atoms with Gasteiger partial charge in [-0.25, -0.2) is 13.4 Å². The first-order valence-electron chi connectivity index (χ1n) is 10.2. The molecule has 0 saturated heterocycles. The fourth-order valence-electron chi connectivity index (χ4n) is 3.36. The van der Waals surface area contributed by atoms with E-state index in [-0.39, 0.29) is 10.9 Å². The molecule has 4 aromatic rings. The number of nitrogens with one attached hydrogen (secondary N) is 1. The van der Waals surface area contributed by atoms with Gasteiger partial charge in [0.25, 0.3) is 10.0 Å². The van der Waals surface area contributed by atoms with E-state index in [2.05, 4.69) is 14.7 Å². The normalized spacial score (nSPS) is 11.1. The van der Waals surface area contributed by atoms with Crippen molar-refractivity contribution >= 4 is 38.1 Å². The van der Waals surface area contributed by atoms with Gasteiger partial charge in [-0.2, -0.15) is 4.99 Å². The zero-order valence-corrected chi connectivity index (χ0v) is 20.2. The Labute approximate surface area is 202 Å². The fourth-order valence-corrected chi connectivity index (χ4v) is 5.36. The third kappa shape index (κ3) is 5.19. The summed E-state index contributed by atoms with van der Waals surface area (Å²) in [4.78, 5) is 9.35. The Morgan fingerprint density at radius 2 is 1.62 bits per heavy atom. The van der Waals surface area contributed by atoms with Gasteiger partial charge in [0, 0.05) is 5.69 Å². The van der Waals surface area contributed by atoms with Gasteiger partial charge >= 0.3 is 0 Å². The molecular weight excluding hydrogens is 470 g/mol. The van der Waals surface area contributed by atoms with E-state index in [1.165, 1.54) is 11.3 Å². The maximum atomic E-state index is 13.0. The quantitative estimate of drug-likeness (QED) is 0.256. The third-order valence-electron chi connectivity index (χ3n) is 4.97. The van der Waals surface area contributed by atoms with Crippen LogP contribution in [0.5, 0.6) is 5.75 Å². The minimum Gasteiger partial charge on any atom is -0.497 e. The highest BCUT2D eigenvalue weighted by Crippen LogP contribution is 2.35. The van der Waals surface area contributed by atoms with Crippen molar-refractivity contribution in [3.8, 4) is 27.3 Å². The minimum absolute atomic E-state index is 0.0696. The van der Waals surface area contributed by atoms with Gasteiger partial charge in [-0.05, 0) is 60.0 Å². The summed E-state index contributed by atoms with van der Waals surface area (Å²) in [5, 5.41) is 0.440. The zero-order chi connectivity index (χ0) is 24.3. The van der Waals surface area contributed by atoms with Gasteiger partial charge in [0.1, 0.15) is 5.75 Å². The highest BCUT2D eigenvalue weighted by atomic mass is 32.2. The van der Waals surface area contributed by atoms with Gasteiger partial charge in [-0.1, -0.05) is 47.7 Å². The molecule has 0 amide bonds. The van der Waals surface area contributed by atoms with Crippen LogP contribution in [0.15, 0.2) is 82.7 Å². The van der Waals surface area contributed by atoms with E-state index in [1.807, 2.05) is 37.3 Å². The number of nitrogens with two attached hydrogens (primary N) is 2. The van der Waals surface area contributed by atoms with Crippen molar-refractivity contribution in [3.05, 3.63) is 78.5 Å². The van der Waals surface area contributed by atoms with E-state index in [0.29, 0.717) is 10.8 Å². The number of benzene rings is 3. The number of hydrogen-bond acceptors (Lipinski definition) is 6. The molecule has 1 aromatic heterocycles. The second-order valence-electron chi connectivity index (χ2n) is 7.39. The molecule has 174 valence electrons. The van der Waals surface area contributed by atoms with E-state index < -0.39 is 10.0 Å². The van der Waals surface area contributed by atoms with E-state index in [4.69, 9.17) is 16.2 Å². The Hall–Kier alpha value is -3.89. The Kier molecular flexibility index (Phi) is 6.53. The highest BCUT2D eigenvalue weighted by molar-refractivity contribution is 7.92. The molecule has 0 aliphatic carbocycles. The summed E-state index contributed by atoms with van der Waals surface area (Å²) >= 11 is 1.32. The lowest BCUT2D eigenvalue weighted by Gasteiger charge is -2.10. The van der Waals surface area contributed by atoms with Gasteiger partial charge in [0.15, 0.2) is 5.96 Å². The molecule has 3 aromatic carbocycles. The number of rotatable bonds is 7. The lowest BCUT2D eigenvalue weighted by atomic mass is 10.1. The van der Waals surface area contributed by atoms with E-state index in [0.717, 1.165) is 33.0 Å². The summed E-state index contributed by atoms with van der Waals surface area (Å²) in [6.07, 6.45) is 0. The number of thiazole rings is 1. The monoisotopic (exact) mass is 493 g/mol. The van der Waals surface area contributed by atoms with Crippen LogP contribution in [0.4, 0.5) is 10.8 Å². The molecule has 1 heterocycles. The van der Waals surface area contributed by atoms with Crippen molar-refractivity contribution in [3.63, 3.8) is 0 Å². The Morgan fingerprint density at radius 1 is 0.971 bits per heavy atom. The van der Waals surface area contributed by atoms with Crippen LogP contribution >= 0.6 is 11.3 Å². The minimum atomic E-state index is -3.78. The van der Waals surface area contributed by atoms with Crippen molar-refractivity contribution in [1.29, 1.82) is 0 Å². The van der Waals surface area contributed by atoms with Gasteiger partial charge in [0.2, 0.25) is 5.13 Å². The van der Waals surface area contributed by atoms with Crippen molar-refractivity contribution in [1.82, 2.24) is 4.98 Å². The molecule has 8 nitrogen and oxygen atoms in total. The smallest absolute Gasteiger partial charge is 0.261 e. The van der Waals surface area contributed by atoms with Gasteiger partial charge in [-0.3, -0.25) is 4.72 Å². The standard InChI is InChI=1S/C24H23N5O3S2/c1-15-22(33-24(27-15)28-23(25)26)18-4-3-5-19(14-18)29-34(30,31)21-12-8-17(9-13-21)16-6-10-20(32-2)11-7-16/h3-14,29H,1-2H3,(H4,25,26,27,28). The number of guanidine groups is 1. The fraction of sp³-hybridized carbons (Fsp3) is 0.0833. The van der Waals surface area contributed by atoms with Crippen LogP contribution in [0.25, 0.3) is 21.6 Å². The predicted octanol–water partition coefficient (Wildman–Crippen LogP) is 4.50. The Bertz CT molecular complexity index is 1440. The largest absolute Gasteiger partial charge is 0.497 e. The number of nitrogens with zero attached hydrogens (tertiary/aromatic N) is 2. The van der Waals surface area contributed by atoms with Crippen molar-refractivity contribution in [2.24, 2.45) is 16.5 Å². The average Bonchev–Trinajstić information content (AvgIpc) is 3.18. The number of ether oxygens (including phenoxy) is 1. The topological polar surface area (TPSA) is 133 Å². The second-order valence-corrected chi connectivity index (χ2v) is 10.0. The number of aryl methyl sites for hydroxylation is 1. The molecule has 5 N–H and O–H groups in total. The SMILES string of the molecule is COc1ccc(-c2ccc(S(=O)(=O)Nc3cccc(-c4sc(N=C(N)N)nc4C)c3)cc2)cc1. The van der Waals surface area contributed by atoms with Crippen LogP contribution in [0.1, 0.15) is 5.69 Å². The van der Waals surface area contributed by atoms with Crippen molar-refractivity contribution in [2.45, 2.75) is 11.8 Å². The molecule has 0 saturated carbocycles. The molecule has 0 spiro atoms. The van der Waals surface area contributed by atoms with E-state index in [9.17, 15) is 8.42 Å². The van der Waals surface area contributed by atoms with E-state index >= 15 is 0 Å². The molecule has 0 fully saturated rings. The highest BCUT2D eigenvalue weighted by Gasteiger charge is 2.16. The summed E-state index contributed by atoms with van der Waals surface area (Å²) in [6.45, 7) is 1.85. The number of hydrogen-bond donors (Lipinski definition) is 3. The first-order valence-corrected chi connectivity index (χ1v) is 12.5. The number of sulfonamides is 1. The van der Waals surface area contributed by atoms with Crippen LogP contribution in [0.3, 0.4) is 0 Å². The maximum Gasteiger partial charge on any atom is 0.261 e. The first-order chi connectivity index (χ1) is 16.2. The summed E-state index contributed by atoms with van der Waals surface area (Å²) in [6, 6.07) is 21.4. The molecule has 4 rings (SSSR count). The number of aliphatic imine (C=N–C) groups is 1. The van der Waals surface area contributed by atoms with Crippen LogP contribution in [0, 0.1) is 6.92 Å². The average molecular weight is 494 g/mol. The number of anilines is 1. The van der Waals surface area contributed by atoms with Crippen molar-refractivity contribution < 1.29 is 13.2 Å². The van der Waals surface area contributed by atoms with E-state index in [1.54, 1.807) is 49.6 Å². The van der Waals surface area contributed by atoms with Crippen LogP contribution in [-0.2, 0) is 10.0 Å². The lowest BCUT2D eigenvalue weighted by molar-refractivity contribution is 0.415. The first kappa shape index (κ1) is 23.3. The van der Waals surface area contributed by atoms with Gasteiger partial charge in [0.05, 0.1) is 22.6 Å².